The van der Waals surface area contributed by atoms with Crippen LogP contribution in [-0.4, -0.2) is 29.9 Å². The van der Waals surface area contributed by atoms with Crippen molar-refractivity contribution in [2.24, 2.45) is 0 Å². The van der Waals surface area contributed by atoms with E-state index in [9.17, 15) is 0 Å². The van der Waals surface area contributed by atoms with Crippen molar-refractivity contribution in [2.75, 3.05) is 0 Å². The summed E-state index contributed by atoms with van der Waals surface area (Å²) in [5.41, 5.74) is 18.4. The van der Waals surface area contributed by atoms with Crippen molar-refractivity contribution in [3.8, 4) is 67.3 Å². The summed E-state index contributed by atoms with van der Waals surface area (Å²) < 4.78 is 0. The van der Waals surface area contributed by atoms with Crippen molar-refractivity contribution in [1.29, 1.82) is 0 Å². The maximum Gasteiger partial charge on any atom is 0.0795 e. The first-order valence-corrected chi connectivity index (χ1v) is 28.3. The predicted molar refractivity (Wildman–Crippen MR) is 350 cm³/mol. The monoisotopic (exact) mass is 1070 g/mol. The van der Waals surface area contributed by atoms with Crippen molar-refractivity contribution in [3.63, 3.8) is 0 Å². The van der Waals surface area contributed by atoms with Crippen molar-refractivity contribution < 1.29 is 0 Å². The lowest BCUT2D eigenvalue weighted by atomic mass is 9.93. The lowest BCUT2D eigenvalue weighted by Crippen LogP contribution is -1.91. The second-order valence-electron chi connectivity index (χ2n) is 21.4. The van der Waals surface area contributed by atoms with Crippen LogP contribution in [0.5, 0.6) is 0 Å². The fourth-order valence-corrected chi connectivity index (χ4v) is 12.0. The van der Waals surface area contributed by atoms with Gasteiger partial charge in [-0.05, 0) is 127 Å². The number of benzene rings is 11. The minimum atomic E-state index is 0.915. The highest BCUT2D eigenvalue weighted by molar-refractivity contribution is 6.14. The minimum absolute atomic E-state index is 0.915. The Balaban J connectivity index is 0.000000138. The Morgan fingerprint density at radius 2 is 0.571 bits per heavy atom. The molecule has 0 bridgehead atoms. The molecule has 0 saturated heterocycles. The molecule has 6 aromatic heterocycles. The average Bonchev–Trinajstić information content (AvgIpc) is 3.47. The number of aromatic nitrogens is 6. The molecule has 0 saturated carbocycles. The highest BCUT2D eigenvalue weighted by Crippen LogP contribution is 2.38. The second kappa shape index (κ2) is 20.3. The molecule has 0 atom stereocenters. The Hall–Kier alpha value is -11.3. The number of hydrogen-bond donors (Lipinski definition) is 0. The zero-order valence-electron chi connectivity index (χ0n) is 45.4. The summed E-state index contributed by atoms with van der Waals surface area (Å²) in [6.45, 7) is 0. The highest BCUT2D eigenvalue weighted by atomic mass is 14.7. The molecule has 6 heteroatoms. The predicted octanol–water partition coefficient (Wildman–Crippen LogP) is 20.1. The number of pyridine rings is 6. The molecule has 0 spiro atoms. The highest BCUT2D eigenvalue weighted by Gasteiger charge is 2.14. The lowest BCUT2D eigenvalue weighted by molar-refractivity contribution is 1.36. The molecule has 0 N–H and O–H groups in total. The third-order valence-corrected chi connectivity index (χ3v) is 16.3. The quantitative estimate of drug-likeness (QED) is 0.154. The van der Waals surface area contributed by atoms with E-state index in [1.54, 1.807) is 0 Å². The normalized spacial score (nSPS) is 11.6. The van der Waals surface area contributed by atoms with E-state index in [4.69, 9.17) is 19.9 Å². The van der Waals surface area contributed by atoms with Gasteiger partial charge in [0.1, 0.15) is 0 Å². The summed E-state index contributed by atoms with van der Waals surface area (Å²) in [7, 11) is 0. The van der Waals surface area contributed by atoms with E-state index in [0.717, 1.165) is 122 Å². The van der Waals surface area contributed by atoms with Crippen molar-refractivity contribution in [2.45, 2.75) is 0 Å². The number of fused-ring (bicyclic) bond motifs is 10. The summed E-state index contributed by atoms with van der Waals surface area (Å²) in [5.74, 6) is 0. The summed E-state index contributed by atoms with van der Waals surface area (Å²) in [4.78, 5) is 29.7. The Bertz CT molecular complexity index is 5470. The van der Waals surface area contributed by atoms with Crippen LogP contribution in [0.3, 0.4) is 0 Å². The van der Waals surface area contributed by atoms with Crippen LogP contribution in [0.2, 0.25) is 0 Å². The van der Waals surface area contributed by atoms with Crippen LogP contribution in [0.25, 0.3) is 165 Å². The van der Waals surface area contributed by atoms with Gasteiger partial charge in [0.25, 0.3) is 0 Å². The zero-order valence-corrected chi connectivity index (χ0v) is 45.4. The van der Waals surface area contributed by atoms with Crippen LogP contribution in [0, 0.1) is 0 Å². The van der Waals surface area contributed by atoms with Gasteiger partial charge in [-0.15, -0.1) is 0 Å². The molecule has 0 aliphatic rings. The number of nitrogens with zero attached hydrogens (tertiary/aromatic N) is 6. The van der Waals surface area contributed by atoms with Gasteiger partial charge in [0.15, 0.2) is 0 Å². The molecule has 0 aliphatic heterocycles. The van der Waals surface area contributed by atoms with Gasteiger partial charge in [0.05, 0.1) is 55.9 Å². The first kappa shape index (κ1) is 48.6. The standard InChI is InChI=1S/C41H25N3.C37H23N3/c1-2-10-32-29(7-1)23-36(34-12-4-3-11-33(32)34)30-16-14-26-18-20-37(43-39(26)24-30)31-17-15-27-19-21-38(44-40(27)25-31)35-13-5-8-28-9-6-22-42-41(28)35;1-2-6-28-21-29(13-10-24(28)5-1)30-14-11-25-16-18-33(39-35(25)22-30)31-15-12-26-17-19-34(40-36(26)23-31)32-9-3-7-27-8-4-20-38-37(27)32/h1-25H;1-23H. The lowest BCUT2D eigenvalue weighted by Gasteiger charge is -2.12. The van der Waals surface area contributed by atoms with E-state index < -0.39 is 0 Å². The fourth-order valence-electron chi connectivity index (χ4n) is 12.0. The van der Waals surface area contributed by atoms with Crippen LogP contribution in [0.1, 0.15) is 0 Å². The van der Waals surface area contributed by atoms with E-state index >= 15 is 0 Å². The number of hydrogen-bond acceptors (Lipinski definition) is 6. The molecule has 0 aliphatic carbocycles. The Morgan fingerprint density at radius 1 is 0.190 bits per heavy atom. The summed E-state index contributed by atoms with van der Waals surface area (Å²) >= 11 is 0. The molecule has 6 nitrogen and oxygen atoms in total. The van der Waals surface area contributed by atoms with Gasteiger partial charge in [-0.2, -0.15) is 0 Å². The molecule has 0 unspecified atom stereocenters. The fraction of sp³-hybridized carbons (Fsp3) is 0. The molecule has 0 amide bonds. The number of para-hydroxylation sites is 2. The van der Waals surface area contributed by atoms with Gasteiger partial charge >= 0.3 is 0 Å². The SMILES string of the molecule is c1ccc2cc(-c3ccc4ccc(-c5ccc6ccc(-c7cccc8cccnc78)nc6c5)nc4c3)ccc2c1.c1cnc2c(-c3ccc4ccc(-c5ccc6ccc(-c7cc8ccccc8c8ccccc78)cc6n5)cc4n3)cccc2c1. The van der Waals surface area contributed by atoms with Gasteiger partial charge in [-0.25, -0.2) is 19.9 Å². The molecule has 0 fully saturated rings. The van der Waals surface area contributed by atoms with Crippen LogP contribution in [-0.2, 0) is 0 Å². The molecule has 0 radical (unpaired) electrons. The summed E-state index contributed by atoms with van der Waals surface area (Å²) in [6, 6.07) is 98.1. The largest absolute Gasteiger partial charge is 0.256 e. The van der Waals surface area contributed by atoms with Gasteiger partial charge in [0, 0.05) is 67.0 Å². The molecule has 84 heavy (non-hydrogen) atoms. The Kier molecular flexibility index (Phi) is 11.8. The van der Waals surface area contributed by atoms with E-state index in [1.165, 1.54) is 43.4 Å². The smallest absolute Gasteiger partial charge is 0.0795 e. The third-order valence-electron chi connectivity index (χ3n) is 16.3. The molecule has 390 valence electrons. The molecule has 11 aromatic carbocycles. The van der Waals surface area contributed by atoms with Crippen molar-refractivity contribution >= 4 is 97.7 Å². The topological polar surface area (TPSA) is 77.3 Å². The maximum atomic E-state index is 5.16. The first-order valence-electron chi connectivity index (χ1n) is 28.3. The van der Waals surface area contributed by atoms with E-state index in [-0.39, 0.29) is 0 Å². The van der Waals surface area contributed by atoms with Crippen molar-refractivity contribution in [3.05, 3.63) is 291 Å². The summed E-state index contributed by atoms with van der Waals surface area (Å²) in [5, 5.41) is 14.2. The van der Waals surface area contributed by atoms with Crippen LogP contribution in [0.4, 0.5) is 0 Å². The first-order chi connectivity index (χ1) is 41.6. The average molecular weight is 1070 g/mol. The van der Waals surface area contributed by atoms with Gasteiger partial charge in [-0.3, -0.25) is 9.97 Å². The van der Waals surface area contributed by atoms with Crippen molar-refractivity contribution in [1.82, 2.24) is 29.9 Å². The molecular formula is C78H48N6. The number of rotatable bonds is 6. The van der Waals surface area contributed by atoms with Gasteiger partial charge < -0.3 is 0 Å². The molecule has 17 aromatic rings. The minimum Gasteiger partial charge on any atom is -0.256 e. The Labute approximate surface area is 483 Å². The summed E-state index contributed by atoms with van der Waals surface area (Å²) in [6.07, 6.45) is 3.67. The van der Waals surface area contributed by atoms with E-state index in [0.29, 0.717) is 0 Å². The second-order valence-corrected chi connectivity index (χ2v) is 21.4. The third kappa shape index (κ3) is 8.87. The zero-order chi connectivity index (χ0) is 55.5. The maximum absolute atomic E-state index is 5.16. The van der Waals surface area contributed by atoms with Crippen LogP contribution < -0.4 is 0 Å². The van der Waals surface area contributed by atoms with Gasteiger partial charge in [-0.1, -0.05) is 206 Å². The Morgan fingerprint density at radius 3 is 1.14 bits per heavy atom. The van der Waals surface area contributed by atoms with Gasteiger partial charge in [0.2, 0.25) is 0 Å². The molecular weight excluding hydrogens is 1020 g/mol. The van der Waals surface area contributed by atoms with E-state index in [2.05, 4.69) is 277 Å². The molecule has 6 heterocycles. The van der Waals surface area contributed by atoms with E-state index in [1.807, 2.05) is 24.5 Å². The van der Waals surface area contributed by atoms with Crippen LogP contribution in [0.15, 0.2) is 291 Å². The van der Waals surface area contributed by atoms with Crippen LogP contribution >= 0.6 is 0 Å². The molecule has 17 rings (SSSR count).